The minimum atomic E-state index is -0.287. The summed E-state index contributed by atoms with van der Waals surface area (Å²) in [5.41, 5.74) is 2.15. The van der Waals surface area contributed by atoms with Gasteiger partial charge in [0.2, 0.25) is 0 Å². The van der Waals surface area contributed by atoms with Gasteiger partial charge >= 0.3 is 0 Å². The largest absolute Gasteiger partial charge is 0.374 e. The molecule has 4 rings (SSSR count). The van der Waals surface area contributed by atoms with E-state index >= 15 is 8.78 Å². The molecule has 0 spiro atoms. The van der Waals surface area contributed by atoms with Gasteiger partial charge in [0.1, 0.15) is 11.6 Å². The van der Waals surface area contributed by atoms with E-state index in [9.17, 15) is 0 Å². The summed E-state index contributed by atoms with van der Waals surface area (Å²) in [6.45, 7) is 4.89. The molecule has 5 atom stereocenters. The average molecular weight is 403 g/mol. The number of fused-ring (bicyclic) bond motifs is 2. The molecular formula is C26H36F2O. The molecule has 5 unspecified atom stereocenters. The summed E-state index contributed by atoms with van der Waals surface area (Å²) in [6, 6.07) is 1.67. The quantitative estimate of drug-likeness (QED) is 0.476. The fourth-order valence-corrected chi connectivity index (χ4v) is 6.21. The molecule has 0 radical (unpaired) electrons. The summed E-state index contributed by atoms with van der Waals surface area (Å²) < 4.78 is 36.5. The van der Waals surface area contributed by atoms with Crippen molar-refractivity contribution in [2.24, 2.45) is 17.8 Å². The molecule has 1 aromatic rings. The van der Waals surface area contributed by atoms with Crippen LogP contribution >= 0.6 is 0 Å². The second-order valence-corrected chi connectivity index (χ2v) is 9.61. The molecule has 3 aliphatic rings. The first-order valence-corrected chi connectivity index (χ1v) is 11.8. The van der Waals surface area contributed by atoms with E-state index < -0.39 is 0 Å². The maximum atomic E-state index is 15.4. The van der Waals surface area contributed by atoms with E-state index in [-0.39, 0.29) is 17.6 Å². The Hall–Kier alpha value is -1.22. The predicted molar refractivity (Wildman–Crippen MR) is 114 cm³/mol. The van der Waals surface area contributed by atoms with Crippen LogP contribution in [-0.4, -0.2) is 12.7 Å². The fraction of sp³-hybridized carbons (Fsp3) is 0.692. The van der Waals surface area contributed by atoms with Crippen LogP contribution in [0.3, 0.4) is 0 Å². The molecule has 3 heteroatoms. The van der Waals surface area contributed by atoms with Crippen LogP contribution in [0.15, 0.2) is 18.2 Å². The van der Waals surface area contributed by atoms with E-state index in [1.165, 1.54) is 0 Å². The Morgan fingerprint density at radius 1 is 1.07 bits per heavy atom. The highest BCUT2D eigenvalue weighted by Crippen LogP contribution is 2.48. The van der Waals surface area contributed by atoms with E-state index in [1.807, 2.05) is 13.0 Å². The van der Waals surface area contributed by atoms with Crippen LogP contribution in [0.25, 0.3) is 0 Å². The summed E-state index contributed by atoms with van der Waals surface area (Å²) in [5, 5.41) is 0. The number of hydrogen-bond donors (Lipinski definition) is 0. The van der Waals surface area contributed by atoms with Crippen molar-refractivity contribution in [3.8, 4) is 0 Å². The van der Waals surface area contributed by atoms with Gasteiger partial charge in [-0.25, -0.2) is 8.78 Å². The third-order valence-corrected chi connectivity index (χ3v) is 7.97. The third kappa shape index (κ3) is 4.45. The Bertz CT molecular complexity index is 741. The molecule has 2 saturated carbocycles. The van der Waals surface area contributed by atoms with E-state index in [0.717, 1.165) is 75.3 Å². The first kappa shape index (κ1) is 21.0. The van der Waals surface area contributed by atoms with Gasteiger partial charge in [-0.2, -0.15) is 0 Å². The van der Waals surface area contributed by atoms with Crippen molar-refractivity contribution in [1.29, 1.82) is 0 Å². The molecule has 3 aliphatic carbocycles. The number of ether oxygens (including phenoxy) is 1. The Labute approximate surface area is 174 Å². The Morgan fingerprint density at radius 3 is 2.66 bits per heavy atom. The number of hydrogen-bond acceptors (Lipinski definition) is 1. The Kier molecular flexibility index (Phi) is 6.73. The molecule has 2 fully saturated rings. The molecule has 1 nitrogen and oxygen atoms in total. The van der Waals surface area contributed by atoms with Gasteiger partial charge in [-0.3, -0.25) is 0 Å². The molecule has 0 amide bonds. The average Bonchev–Trinajstić information content (AvgIpc) is 2.73. The van der Waals surface area contributed by atoms with Crippen LogP contribution in [0.2, 0.25) is 0 Å². The monoisotopic (exact) mass is 402 g/mol. The second-order valence-electron chi connectivity index (χ2n) is 9.61. The minimum Gasteiger partial charge on any atom is -0.374 e. The van der Waals surface area contributed by atoms with Gasteiger partial charge in [-0.05, 0) is 106 Å². The molecule has 0 aliphatic heterocycles. The molecule has 0 N–H and O–H groups in total. The van der Waals surface area contributed by atoms with Gasteiger partial charge in [0.25, 0.3) is 0 Å². The molecule has 0 heterocycles. The maximum absolute atomic E-state index is 15.4. The highest BCUT2D eigenvalue weighted by molar-refractivity contribution is 5.39. The lowest BCUT2D eigenvalue weighted by Crippen LogP contribution is -2.34. The van der Waals surface area contributed by atoms with Gasteiger partial charge in [0, 0.05) is 5.56 Å². The molecule has 1 aromatic carbocycles. The summed E-state index contributed by atoms with van der Waals surface area (Å²) >= 11 is 0. The van der Waals surface area contributed by atoms with Crippen LogP contribution in [0.1, 0.15) is 87.8 Å². The van der Waals surface area contributed by atoms with Crippen LogP contribution in [-0.2, 0) is 17.6 Å². The predicted octanol–water partition coefficient (Wildman–Crippen LogP) is 7.12. The molecule has 0 aromatic heterocycles. The van der Waals surface area contributed by atoms with Crippen molar-refractivity contribution in [1.82, 2.24) is 0 Å². The topological polar surface area (TPSA) is 9.23 Å². The van der Waals surface area contributed by atoms with Crippen molar-refractivity contribution in [3.63, 3.8) is 0 Å². The lowest BCUT2D eigenvalue weighted by atomic mass is 9.65. The first-order chi connectivity index (χ1) is 14.1. The number of rotatable bonds is 5. The van der Waals surface area contributed by atoms with E-state index in [1.54, 1.807) is 6.07 Å². The second kappa shape index (κ2) is 9.29. The summed E-state index contributed by atoms with van der Waals surface area (Å²) in [4.78, 5) is 0. The van der Waals surface area contributed by atoms with Gasteiger partial charge < -0.3 is 4.74 Å². The van der Waals surface area contributed by atoms with E-state index in [0.29, 0.717) is 36.0 Å². The van der Waals surface area contributed by atoms with Crippen LogP contribution in [0, 0.1) is 29.4 Å². The summed E-state index contributed by atoms with van der Waals surface area (Å²) in [7, 11) is 0. The lowest BCUT2D eigenvalue weighted by molar-refractivity contribution is -0.00351. The van der Waals surface area contributed by atoms with Gasteiger partial charge in [0.05, 0.1) is 12.7 Å². The van der Waals surface area contributed by atoms with Crippen LogP contribution in [0.4, 0.5) is 8.78 Å². The molecule has 29 heavy (non-hydrogen) atoms. The van der Waals surface area contributed by atoms with E-state index in [4.69, 9.17) is 4.74 Å². The number of halogens is 2. The zero-order valence-electron chi connectivity index (χ0n) is 18.1. The van der Waals surface area contributed by atoms with Crippen molar-refractivity contribution >= 4 is 0 Å². The molecule has 160 valence electrons. The van der Waals surface area contributed by atoms with Crippen molar-refractivity contribution < 1.29 is 13.5 Å². The Morgan fingerprint density at radius 2 is 1.86 bits per heavy atom. The third-order valence-electron chi connectivity index (χ3n) is 7.97. The smallest absolute Gasteiger partial charge is 0.133 e. The highest BCUT2D eigenvalue weighted by Gasteiger charge is 2.38. The lowest BCUT2D eigenvalue weighted by Gasteiger charge is -2.42. The van der Waals surface area contributed by atoms with Crippen molar-refractivity contribution in [2.75, 3.05) is 6.61 Å². The number of allylic oxidation sites excluding steroid dienone is 1. The summed E-state index contributed by atoms with van der Waals surface area (Å²) in [5.74, 6) is 1.38. The number of benzene rings is 1. The molecule has 0 saturated heterocycles. The minimum absolute atomic E-state index is 0.0472. The zero-order valence-corrected chi connectivity index (χ0v) is 18.1. The van der Waals surface area contributed by atoms with Crippen LogP contribution < -0.4 is 0 Å². The van der Waals surface area contributed by atoms with Gasteiger partial charge in [-0.15, -0.1) is 0 Å². The zero-order chi connectivity index (χ0) is 20.4. The highest BCUT2D eigenvalue weighted by atomic mass is 19.1. The standard InChI is InChI=1S/C26H36F2O/c1-3-5-12-29-22-10-9-18-14-20(8-7-19(18)15-22)25-24(27)16-21-13-17(4-2)6-11-23(21)26(25)28/h3,5,16-20,22H,4,6-15H2,1-2H3/b5-3+. The van der Waals surface area contributed by atoms with Gasteiger partial charge in [-0.1, -0.05) is 25.5 Å². The summed E-state index contributed by atoms with van der Waals surface area (Å²) in [6.07, 6.45) is 14.4. The SMILES string of the molecule is C/C=C/COC1CCC2CC(c3c(F)cc4c(c3F)CCC(CC)C4)CCC2C1. The van der Waals surface area contributed by atoms with Crippen molar-refractivity contribution in [3.05, 3.63) is 46.5 Å². The fourth-order valence-electron chi connectivity index (χ4n) is 6.21. The van der Waals surface area contributed by atoms with Gasteiger partial charge in [0.15, 0.2) is 0 Å². The normalized spacial score (nSPS) is 32.2. The molecular weight excluding hydrogens is 366 g/mol. The maximum Gasteiger partial charge on any atom is 0.133 e. The molecule has 0 bridgehead atoms. The first-order valence-electron chi connectivity index (χ1n) is 11.8. The van der Waals surface area contributed by atoms with Crippen molar-refractivity contribution in [2.45, 2.75) is 90.1 Å². The Balaban J connectivity index is 1.45. The van der Waals surface area contributed by atoms with E-state index in [2.05, 4.69) is 13.0 Å². The van der Waals surface area contributed by atoms with Crippen LogP contribution in [0.5, 0.6) is 0 Å².